The zero-order valence-corrected chi connectivity index (χ0v) is 15.1. The van der Waals surface area contributed by atoms with Crippen molar-refractivity contribution in [3.8, 4) is 15.6 Å². The highest BCUT2D eigenvalue weighted by atomic mass is 79.9. The van der Waals surface area contributed by atoms with Gasteiger partial charge < -0.3 is 9.47 Å². The number of rotatable bonds is 6. The number of ether oxygens (including phenoxy) is 2. The number of thiazole rings is 1. The molecule has 0 amide bonds. The second-order valence-corrected chi connectivity index (χ2v) is 7.18. The molecule has 0 atom stereocenters. The third-order valence-corrected chi connectivity index (χ3v) is 5.20. The molecule has 0 aliphatic heterocycles. The van der Waals surface area contributed by atoms with E-state index in [1.165, 1.54) is 11.3 Å². The van der Waals surface area contributed by atoms with Crippen molar-refractivity contribution in [3.05, 3.63) is 57.3 Å². The molecule has 0 saturated heterocycles. The molecule has 3 rings (SSSR count). The van der Waals surface area contributed by atoms with Crippen molar-refractivity contribution in [2.45, 2.75) is 0 Å². The number of hydrogen-bond acceptors (Lipinski definition) is 6. The molecule has 1 aromatic carbocycles. The highest BCUT2D eigenvalue weighted by molar-refractivity contribution is 9.10. The molecule has 4 nitrogen and oxygen atoms in total. The summed E-state index contributed by atoms with van der Waals surface area (Å²) in [5, 5.41) is 4.53. The fraction of sp³-hybridized carbons (Fsp3) is 0.125. The van der Waals surface area contributed by atoms with Gasteiger partial charge in [0, 0.05) is 9.85 Å². The predicted molar refractivity (Wildman–Crippen MR) is 95.3 cm³/mol. The first-order valence-corrected chi connectivity index (χ1v) is 9.32. The van der Waals surface area contributed by atoms with Crippen LogP contribution in [0.4, 0.5) is 0 Å². The van der Waals surface area contributed by atoms with Gasteiger partial charge >= 0.3 is 5.97 Å². The number of nitrogens with zero attached hydrogens (tertiary/aromatic N) is 1. The molecule has 2 aromatic heterocycles. The van der Waals surface area contributed by atoms with Crippen LogP contribution in [0.5, 0.6) is 5.75 Å². The molecule has 0 spiro atoms. The van der Waals surface area contributed by atoms with Crippen molar-refractivity contribution >= 4 is 44.6 Å². The smallest absolute Gasteiger partial charge is 0.357 e. The van der Waals surface area contributed by atoms with E-state index in [2.05, 4.69) is 20.9 Å². The number of thiophene rings is 1. The summed E-state index contributed by atoms with van der Waals surface area (Å²) in [7, 11) is 0. The standard InChI is InChI=1S/C16H12BrNO3S2/c17-11-3-1-4-12(9-11)20-6-7-21-16(19)13-10-23-15(18-13)14-5-2-8-22-14/h1-5,8-10H,6-7H2. The van der Waals surface area contributed by atoms with E-state index in [0.717, 1.165) is 20.1 Å². The Balaban J connectivity index is 1.48. The van der Waals surface area contributed by atoms with Crippen LogP contribution in [0.25, 0.3) is 9.88 Å². The molecule has 7 heteroatoms. The van der Waals surface area contributed by atoms with Crippen molar-refractivity contribution in [3.63, 3.8) is 0 Å². The molecule has 118 valence electrons. The monoisotopic (exact) mass is 409 g/mol. The minimum absolute atomic E-state index is 0.178. The van der Waals surface area contributed by atoms with Crippen LogP contribution in [-0.4, -0.2) is 24.2 Å². The summed E-state index contributed by atoms with van der Waals surface area (Å²) in [5.74, 6) is 0.297. The summed E-state index contributed by atoms with van der Waals surface area (Å²) < 4.78 is 11.6. The van der Waals surface area contributed by atoms with Crippen LogP contribution in [0.1, 0.15) is 10.5 Å². The molecule has 0 fully saturated rings. The zero-order chi connectivity index (χ0) is 16.1. The number of aromatic nitrogens is 1. The van der Waals surface area contributed by atoms with Crippen LogP contribution in [0.2, 0.25) is 0 Å². The summed E-state index contributed by atoms with van der Waals surface area (Å²) in [6.45, 7) is 0.474. The summed E-state index contributed by atoms with van der Waals surface area (Å²) in [4.78, 5) is 17.3. The van der Waals surface area contributed by atoms with Gasteiger partial charge in [0.15, 0.2) is 5.69 Å². The van der Waals surface area contributed by atoms with Crippen LogP contribution in [0.15, 0.2) is 51.6 Å². The van der Waals surface area contributed by atoms with Crippen LogP contribution >= 0.6 is 38.6 Å². The van der Waals surface area contributed by atoms with E-state index in [1.54, 1.807) is 16.7 Å². The molecular weight excluding hydrogens is 398 g/mol. The summed E-state index contributed by atoms with van der Waals surface area (Å²) in [5.41, 5.74) is 0.334. The second kappa shape index (κ2) is 7.72. The lowest BCUT2D eigenvalue weighted by molar-refractivity contribution is 0.0444. The normalized spacial score (nSPS) is 10.5. The van der Waals surface area contributed by atoms with Gasteiger partial charge in [-0.1, -0.05) is 28.1 Å². The van der Waals surface area contributed by atoms with Gasteiger partial charge in [-0.05, 0) is 29.6 Å². The molecule has 0 aliphatic carbocycles. The SMILES string of the molecule is O=C(OCCOc1cccc(Br)c1)c1csc(-c2cccs2)n1. The maximum atomic E-state index is 12.0. The van der Waals surface area contributed by atoms with Crippen molar-refractivity contribution in [2.24, 2.45) is 0 Å². The van der Waals surface area contributed by atoms with Gasteiger partial charge in [0.05, 0.1) is 4.88 Å². The first kappa shape index (κ1) is 16.2. The fourth-order valence-electron chi connectivity index (χ4n) is 1.81. The number of hydrogen-bond donors (Lipinski definition) is 0. The Kier molecular flexibility index (Phi) is 5.43. The quantitative estimate of drug-likeness (QED) is 0.430. The van der Waals surface area contributed by atoms with E-state index in [1.807, 2.05) is 41.8 Å². The second-order valence-electron chi connectivity index (χ2n) is 4.46. The lowest BCUT2D eigenvalue weighted by atomic mass is 10.3. The van der Waals surface area contributed by atoms with Crippen LogP contribution < -0.4 is 4.74 Å². The topological polar surface area (TPSA) is 48.4 Å². The average Bonchev–Trinajstić information content (AvgIpc) is 3.21. The van der Waals surface area contributed by atoms with E-state index in [4.69, 9.17) is 9.47 Å². The lowest BCUT2D eigenvalue weighted by Crippen LogP contribution is -2.12. The van der Waals surface area contributed by atoms with Crippen LogP contribution in [-0.2, 0) is 4.74 Å². The number of halogens is 1. The Morgan fingerprint density at radius 2 is 2.09 bits per heavy atom. The van der Waals surface area contributed by atoms with Gasteiger partial charge in [0.25, 0.3) is 0 Å². The zero-order valence-electron chi connectivity index (χ0n) is 11.9. The van der Waals surface area contributed by atoms with Gasteiger partial charge in [-0.3, -0.25) is 0 Å². The minimum Gasteiger partial charge on any atom is -0.490 e. The molecule has 0 N–H and O–H groups in total. The van der Waals surface area contributed by atoms with Crippen molar-refractivity contribution in [2.75, 3.05) is 13.2 Å². The average molecular weight is 410 g/mol. The number of esters is 1. The summed E-state index contributed by atoms with van der Waals surface area (Å²) >= 11 is 6.40. The highest BCUT2D eigenvalue weighted by Crippen LogP contribution is 2.27. The molecule has 0 unspecified atom stereocenters. The molecule has 0 saturated carbocycles. The fourth-order valence-corrected chi connectivity index (χ4v) is 3.79. The van der Waals surface area contributed by atoms with Gasteiger partial charge in [0.2, 0.25) is 0 Å². The van der Waals surface area contributed by atoms with E-state index < -0.39 is 5.97 Å². The molecular formula is C16H12BrNO3S2. The van der Waals surface area contributed by atoms with E-state index in [-0.39, 0.29) is 6.61 Å². The molecule has 2 heterocycles. The Morgan fingerprint density at radius 3 is 2.87 bits per heavy atom. The van der Waals surface area contributed by atoms with E-state index in [0.29, 0.717) is 12.3 Å². The van der Waals surface area contributed by atoms with Gasteiger partial charge in [-0.2, -0.15) is 0 Å². The molecule has 0 bridgehead atoms. The first-order valence-electron chi connectivity index (χ1n) is 6.77. The molecule has 0 aliphatic rings. The minimum atomic E-state index is -0.429. The summed E-state index contributed by atoms with van der Waals surface area (Å²) in [6.07, 6.45) is 0. The Hall–Kier alpha value is -1.70. The van der Waals surface area contributed by atoms with Gasteiger partial charge in [-0.15, -0.1) is 22.7 Å². The third kappa shape index (κ3) is 4.40. The first-order chi connectivity index (χ1) is 11.2. The van der Waals surface area contributed by atoms with Gasteiger partial charge in [0.1, 0.15) is 24.0 Å². The largest absolute Gasteiger partial charge is 0.490 e. The number of carbonyl (C=O) groups excluding carboxylic acids is 1. The Bertz CT molecular complexity index is 786. The maximum absolute atomic E-state index is 12.0. The van der Waals surface area contributed by atoms with Crippen molar-refractivity contribution in [1.29, 1.82) is 0 Å². The number of benzene rings is 1. The molecule has 0 radical (unpaired) electrons. The van der Waals surface area contributed by atoms with Crippen molar-refractivity contribution < 1.29 is 14.3 Å². The highest BCUT2D eigenvalue weighted by Gasteiger charge is 2.13. The number of carbonyl (C=O) groups is 1. The maximum Gasteiger partial charge on any atom is 0.357 e. The molecule has 3 aromatic rings. The van der Waals surface area contributed by atoms with Crippen molar-refractivity contribution in [1.82, 2.24) is 4.98 Å². The third-order valence-electron chi connectivity index (χ3n) is 2.83. The van der Waals surface area contributed by atoms with Gasteiger partial charge in [-0.25, -0.2) is 9.78 Å². The van der Waals surface area contributed by atoms with E-state index >= 15 is 0 Å². The predicted octanol–water partition coefficient (Wildman–Crippen LogP) is 4.87. The molecule has 23 heavy (non-hydrogen) atoms. The lowest BCUT2D eigenvalue weighted by Gasteiger charge is -2.06. The van der Waals surface area contributed by atoms with E-state index in [9.17, 15) is 4.79 Å². The van der Waals surface area contributed by atoms with Crippen LogP contribution in [0, 0.1) is 0 Å². The Morgan fingerprint density at radius 1 is 1.17 bits per heavy atom. The Labute approximate surface area is 149 Å². The van der Waals surface area contributed by atoms with Crippen LogP contribution in [0.3, 0.4) is 0 Å². The summed E-state index contributed by atoms with van der Waals surface area (Å²) in [6, 6.07) is 11.4.